The topological polar surface area (TPSA) is 61.6 Å². The highest BCUT2D eigenvalue weighted by molar-refractivity contribution is 5.94. The molecule has 1 fully saturated rings. The van der Waals surface area contributed by atoms with Gasteiger partial charge >= 0.3 is 5.97 Å². The molecule has 1 aromatic rings. The van der Waals surface area contributed by atoms with Crippen LogP contribution in [0.4, 0.5) is 5.82 Å². The molecule has 1 saturated heterocycles. The summed E-state index contributed by atoms with van der Waals surface area (Å²) in [5.41, 5.74) is 0.916. The van der Waals surface area contributed by atoms with E-state index in [2.05, 4.69) is 28.9 Å². The zero-order valence-electron chi connectivity index (χ0n) is 12.1. The SMILES string of the molecule is CCC1CN(c2c(C(=O)O)c(C)nn2C)CCN1C. The molecule has 2 rings (SSSR count). The van der Waals surface area contributed by atoms with Crippen LogP contribution in [0, 0.1) is 6.92 Å². The van der Waals surface area contributed by atoms with Crippen molar-refractivity contribution in [3.8, 4) is 0 Å². The molecule has 106 valence electrons. The van der Waals surface area contributed by atoms with E-state index in [4.69, 9.17) is 0 Å². The maximum Gasteiger partial charge on any atom is 0.341 e. The largest absolute Gasteiger partial charge is 0.477 e. The number of carboxylic acid groups (broad SMARTS) is 1. The average molecular weight is 266 g/mol. The van der Waals surface area contributed by atoms with Gasteiger partial charge in [0.25, 0.3) is 0 Å². The molecule has 1 N–H and O–H groups in total. The van der Waals surface area contributed by atoms with Gasteiger partial charge in [-0.15, -0.1) is 0 Å². The molecule has 1 aliphatic heterocycles. The number of carboxylic acids is 1. The van der Waals surface area contributed by atoms with E-state index in [9.17, 15) is 9.90 Å². The minimum absolute atomic E-state index is 0.335. The molecule has 0 spiro atoms. The normalized spacial score (nSPS) is 20.8. The second-order valence-corrected chi connectivity index (χ2v) is 5.20. The van der Waals surface area contributed by atoms with Gasteiger partial charge in [0, 0.05) is 32.7 Å². The van der Waals surface area contributed by atoms with Crippen LogP contribution in [0.1, 0.15) is 29.4 Å². The molecule has 0 aromatic carbocycles. The van der Waals surface area contributed by atoms with Crippen LogP contribution < -0.4 is 4.90 Å². The molecule has 2 heterocycles. The zero-order chi connectivity index (χ0) is 14.2. The van der Waals surface area contributed by atoms with Crippen molar-refractivity contribution in [2.24, 2.45) is 7.05 Å². The second kappa shape index (κ2) is 5.21. The highest BCUT2D eigenvalue weighted by Crippen LogP contribution is 2.26. The third-order valence-electron chi connectivity index (χ3n) is 3.95. The number of rotatable bonds is 3. The predicted molar refractivity (Wildman–Crippen MR) is 73.8 cm³/mol. The van der Waals surface area contributed by atoms with Crippen LogP contribution >= 0.6 is 0 Å². The lowest BCUT2D eigenvalue weighted by Gasteiger charge is -2.40. The number of aryl methyl sites for hydroxylation is 2. The van der Waals surface area contributed by atoms with Gasteiger partial charge in [-0.1, -0.05) is 6.92 Å². The Morgan fingerprint density at radius 1 is 1.42 bits per heavy atom. The van der Waals surface area contributed by atoms with Crippen LogP contribution in [0.15, 0.2) is 0 Å². The van der Waals surface area contributed by atoms with Crippen LogP contribution in [0.2, 0.25) is 0 Å². The number of aromatic nitrogens is 2. The van der Waals surface area contributed by atoms with E-state index >= 15 is 0 Å². The number of anilines is 1. The average Bonchev–Trinajstić information content (AvgIpc) is 2.65. The van der Waals surface area contributed by atoms with Crippen LogP contribution in [-0.2, 0) is 7.05 Å². The van der Waals surface area contributed by atoms with Crippen molar-refractivity contribution in [3.05, 3.63) is 11.3 Å². The summed E-state index contributed by atoms with van der Waals surface area (Å²) in [7, 11) is 3.94. The molecule has 1 aliphatic rings. The first kappa shape index (κ1) is 13.9. The minimum atomic E-state index is -0.896. The van der Waals surface area contributed by atoms with Crippen LogP contribution in [0.3, 0.4) is 0 Å². The van der Waals surface area contributed by atoms with E-state index in [1.807, 2.05) is 7.05 Å². The van der Waals surface area contributed by atoms with E-state index in [1.54, 1.807) is 11.6 Å². The number of piperazine rings is 1. The van der Waals surface area contributed by atoms with E-state index in [0.717, 1.165) is 31.9 Å². The number of nitrogens with zero attached hydrogens (tertiary/aromatic N) is 4. The Labute approximate surface area is 113 Å². The molecule has 1 unspecified atom stereocenters. The van der Waals surface area contributed by atoms with Gasteiger partial charge in [0.05, 0.1) is 5.69 Å². The Kier molecular flexibility index (Phi) is 3.80. The summed E-state index contributed by atoms with van der Waals surface area (Å²) >= 11 is 0. The quantitative estimate of drug-likeness (QED) is 0.883. The van der Waals surface area contributed by atoms with Crippen molar-refractivity contribution in [2.45, 2.75) is 26.3 Å². The lowest BCUT2D eigenvalue weighted by molar-refractivity contribution is 0.0696. The van der Waals surface area contributed by atoms with Crippen molar-refractivity contribution in [2.75, 3.05) is 31.6 Å². The smallest absolute Gasteiger partial charge is 0.341 e. The number of hydrogen-bond acceptors (Lipinski definition) is 4. The Bertz CT molecular complexity index is 483. The highest BCUT2D eigenvalue weighted by Gasteiger charge is 2.29. The van der Waals surface area contributed by atoms with Gasteiger partial charge < -0.3 is 10.0 Å². The first-order valence-electron chi connectivity index (χ1n) is 6.67. The molecule has 6 heteroatoms. The molecular weight excluding hydrogens is 244 g/mol. The first-order chi connectivity index (χ1) is 8.95. The number of hydrogen-bond donors (Lipinski definition) is 1. The van der Waals surface area contributed by atoms with E-state index in [0.29, 0.717) is 17.3 Å². The second-order valence-electron chi connectivity index (χ2n) is 5.20. The highest BCUT2D eigenvalue weighted by atomic mass is 16.4. The Morgan fingerprint density at radius 3 is 2.68 bits per heavy atom. The number of aromatic carboxylic acids is 1. The summed E-state index contributed by atoms with van der Waals surface area (Å²) in [5, 5.41) is 13.6. The fraction of sp³-hybridized carbons (Fsp3) is 0.692. The molecule has 1 atom stereocenters. The fourth-order valence-electron chi connectivity index (χ4n) is 2.84. The Hall–Kier alpha value is -1.56. The number of carbonyl (C=O) groups is 1. The molecule has 0 radical (unpaired) electrons. The van der Waals surface area contributed by atoms with Crippen molar-refractivity contribution in [3.63, 3.8) is 0 Å². The zero-order valence-corrected chi connectivity index (χ0v) is 12.1. The Balaban J connectivity index is 2.34. The number of likely N-dealkylation sites (N-methyl/N-ethyl adjacent to an activating group) is 1. The minimum Gasteiger partial charge on any atom is -0.477 e. The molecular formula is C13H22N4O2. The van der Waals surface area contributed by atoms with Crippen molar-refractivity contribution < 1.29 is 9.90 Å². The van der Waals surface area contributed by atoms with Gasteiger partial charge in [-0.3, -0.25) is 9.58 Å². The summed E-state index contributed by atoms with van der Waals surface area (Å²) in [6.07, 6.45) is 1.06. The lowest BCUT2D eigenvalue weighted by atomic mass is 10.1. The van der Waals surface area contributed by atoms with Crippen molar-refractivity contribution in [1.29, 1.82) is 0 Å². The molecule has 0 amide bonds. The summed E-state index contributed by atoms with van der Waals surface area (Å²) in [6.45, 7) is 6.55. The third kappa shape index (κ3) is 2.45. The molecule has 0 saturated carbocycles. The van der Waals surface area contributed by atoms with Gasteiger partial charge in [0.15, 0.2) is 0 Å². The third-order valence-corrected chi connectivity index (χ3v) is 3.95. The maximum absolute atomic E-state index is 11.4. The van der Waals surface area contributed by atoms with Crippen LogP contribution in [0.5, 0.6) is 0 Å². The summed E-state index contributed by atoms with van der Waals surface area (Å²) < 4.78 is 1.69. The van der Waals surface area contributed by atoms with Gasteiger partial charge in [0.1, 0.15) is 11.4 Å². The van der Waals surface area contributed by atoms with E-state index < -0.39 is 5.97 Å². The van der Waals surface area contributed by atoms with Crippen LogP contribution in [0.25, 0.3) is 0 Å². The summed E-state index contributed by atoms with van der Waals surface area (Å²) in [5.74, 6) is -0.163. The van der Waals surface area contributed by atoms with Crippen molar-refractivity contribution >= 4 is 11.8 Å². The van der Waals surface area contributed by atoms with E-state index in [-0.39, 0.29) is 0 Å². The fourth-order valence-corrected chi connectivity index (χ4v) is 2.84. The molecule has 1 aromatic heterocycles. The summed E-state index contributed by atoms with van der Waals surface area (Å²) in [6, 6.07) is 0.464. The predicted octanol–water partition coefficient (Wildman–Crippen LogP) is 0.957. The Morgan fingerprint density at radius 2 is 2.11 bits per heavy atom. The monoisotopic (exact) mass is 266 g/mol. The molecule has 0 aliphatic carbocycles. The summed E-state index contributed by atoms with van der Waals surface area (Å²) in [4.78, 5) is 15.9. The molecule has 19 heavy (non-hydrogen) atoms. The van der Waals surface area contributed by atoms with E-state index in [1.165, 1.54) is 0 Å². The van der Waals surface area contributed by atoms with Gasteiger partial charge in [-0.05, 0) is 20.4 Å². The standard InChI is InChI=1S/C13H22N4O2/c1-5-10-8-17(7-6-15(10)3)12-11(13(18)19)9(2)14-16(12)4/h10H,5-8H2,1-4H3,(H,18,19). The van der Waals surface area contributed by atoms with Gasteiger partial charge in [-0.25, -0.2) is 4.79 Å². The molecule has 6 nitrogen and oxygen atoms in total. The lowest BCUT2D eigenvalue weighted by Crippen LogP contribution is -2.52. The van der Waals surface area contributed by atoms with Gasteiger partial charge in [0.2, 0.25) is 0 Å². The maximum atomic E-state index is 11.4. The van der Waals surface area contributed by atoms with Crippen molar-refractivity contribution in [1.82, 2.24) is 14.7 Å². The van der Waals surface area contributed by atoms with Gasteiger partial charge in [-0.2, -0.15) is 5.10 Å². The molecule has 0 bridgehead atoms. The van der Waals surface area contributed by atoms with Crippen LogP contribution in [-0.4, -0.2) is 58.5 Å². The first-order valence-corrected chi connectivity index (χ1v) is 6.67.